The third kappa shape index (κ3) is 5.41. The Kier molecular flexibility index (Phi) is 5.91. The molecule has 5 nitrogen and oxygen atoms in total. The molecule has 0 aliphatic carbocycles. The minimum absolute atomic E-state index is 0.124. The number of amides is 1. The van der Waals surface area contributed by atoms with Crippen molar-refractivity contribution in [1.82, 2.24) is 5.32 Å². The number of methoxy groups -OCH3 is 2. The van der Waals surface area contributed by atoms with Crippen LogP contribution >= 0.6 is 0 Å². The zero-order valence-corrected chi connectivity index (χ0v) is 15.4. The van der Waals surface area contributed by atoms with Gasteiger partial charge in [0.15, 0.2) is 0 Å². The molecule has 134 valence electrons. The Morgan fingerprint density at radius 3 is 2.16 bits per heavy atom. The van der Waals surface area contributed by atoms with Gasteiger partial charge in [0.05, 0.1) is 14.2 Å². The van der Waals surface area contributed by atoms with Crippen molar-refractivity contribution in [2.75, 3.05) is 14.2 Å². The molecule has 0 aromatic heterocycles. The van der Waals surface area contributed by atoms with Crippen LogP contribution in [0.2, 0.25) is 0 Å². The molecule has 0 saturated carbocycles. The average Bonchev–Trinajstić information content (AvgIpc) is 2.58. The molecule has 0 fully saturated rings. The normalized spacial score (nSPS) is 10.9. The molecule has 0 spiro atoms. The lowest BCUT2D eigenvalue weighted by Gasteiger charge is -2.21. The Hall–Kier alpha value is -2.69. The molecule has 5 heteroatoms. The van der Waals surface area contributed by atoms with E-state index in [1.165, 1.54) is 0 Å². The first-order chi connectivity index (χ1) is 11.8. The second-order valence-corrected chi connectivity index (χ2v) is 6.69. The van der Waals surface area contributed by atoms with Gasteiger partial charge in [0.1, 0.15) is 23.9 Å². The first kappa shape index (κ1) is 18.6. The zero-order chi connectivity index (χ0) is 18.4. The third-order valence-electron chi connectivity index (χ3n) is 3.48. The first-order valence-corrected chi connectivity index (χ1v) is 8.08. The van der Waals surface area contributed by atoms with E-state index in [0.29, 0.717) is 23.7 Å². The second kappa shape index (κ2) is 7.92. The fourth-order valence-corrected chi connectivity index (χ4v) is 2.28. The number of hydrogen-bond donors (Lipinski definition) is 1. The molecule has 0 bridgehead atoms. The van der Waals surface area contributed by atoms with E-state index in [1.54, 1.807) is 32.4 Å². The van der Waals surface area contributed by atoms with Gasteiger partial charge in [0.25, 0.3) is 5.91 Å². The Labute approximate surface area is 148 Å². The topological polar surface area (TPSA) is 56.8 Å². The maximum absolute atomic E-state index is 12.4. The van der Waals surface area contributed by atoms with E-state index >= 15 is 0 Å². The fourth-order valence-electron chi connectivity index (χ4n) is 2.28. The van der Waals surface area contributed by atoms with Crippen LogP contribution in [0.3, 0.4) is 0 Å². The predicted molar refractivity (Wildman–Crippen MR) is 97.5 cm³/mol. The van der Waals surface area contributed by atoms with Crippen LogP contribution in [-0.4, -0.2) is 25.7 Å². The summed E-state index contributed by atoms with van der Waals surface area (Å²) in [6.07, 6.45) is 0. The van der Waals surface area contributed by atoms with Gasteiger partial charge >= 0.3 is 0 Å². The zero-order valence-electron chi connectivity index (χ0n) is 15.4. The van der Waals surface area contributed by atoms with E-state index in [1.807, 2.05) is 45.0 Å². The van der Waals surface area contributed by atoms with Gasteiger partial charge < -0.3 is 19.5 Å². The first-order valence-electron chi connectivity index (χ1n) is 8.08. The quantitative estimate of drug-likeness (QED) is 0.866. The molecule has 0 atom stereocenters. The summed E-state index contributed by atoms with van der Waals surface area (Å²) < 4.78 is 16.3. The van der Waals surface area contributed by atoms with E-state index in [4.69, 9.17) is 14.2 Å². The summed E-state index contributed by atoms with van der Waals surface area (Å²) in [5.74, 6) is 2.04. The Morgan fingerprint density at radius 1 is 0.960 bits per heavy atom. The van der Waals surface area contributed by atoms with Crippen LogP contribution in [0.1, 0.15) is 36.7 Å². The van der Waals surface area contributed by atoms with E-state index < -0.39 is 0 Å². The van der Waals surface area contributed by atoms with Gasteiger partial charge in [0.2, 0.25) is 0 Å². The lowest BCUT2D eigenvalue weighted by Crippen LogP contribution is -2.40. The van der Waals surface area contributed by atoms with Crippen molar-refractivity contribution in [3.63, 3.8) is 0 Å². The minimum atomic E-state index is -0.295. The highest BCUT2D eigenvalue weighted by Gasteiger charge is 2.17. The molecule has 0 saturated heterocycles. The molecule has 0 aliphatic rings. The molecule has 2 aromatic carbocycles. The standard InChI is InChI=1S/C20H25NO4/c1-20(2,3)21-19(22)14-6-11-18(24-5)15(12-14)13-25-17-9-7-16(23-4)8-10-17/h6-12H,13H2,1-5H3,(H,21,22). The van der Waals surface area contributed by atoms with E-state index in [0.717, 1.165) is 11.3 Å². The number of rotatable bonds is 6. The summed E-state index contributed by atoms with van der Waals surface area (Å²) in [5.41, 5.74) is 1.08. The summed E-state index contributed by atoms with van der Waals surface area (Å²) in [6.45, 7) is 6.14. The summed E-state index contributed by atoms with van der Waals surface area (Å²) in [5, 5.41) is 2.95. The molecule has 2 rings (SSSR count). The highest BCUT2D eigenvalue weighted by Crippen LogP contribution is 2.24. The second-order valence-electron chi connectivity index (χ2n) is 6.69. The maximum atomic E-state index is 12.4. The smallest absolute Gasteiger partial charge is 0.251 e. The third-order valence-corrected chi connectivity index (χ3v) is 3.48. The Morgan fingerprint density at radius 2 is 1.60 bits per heavy atom. The van der Waals surface area contributed by atoms with Crippen LogP contribution in [0.25, 0.3) is 0 Å². The van der Waals surface area contributed by atoms with Gasteiger partial charge in [-0.1, -0.05) is 0 Å². The van der Waals surface area contributed by atoms with Gasteiger partial charge in [0, 0.05) is 16.7 Å². The molecule has 0 unspecified atom stereocenters. The summed E-state index contributed by atoms with van der Waals surface area (Å²) >= 11 is 0. The van der Waals surface area contributed by atoms with Crippen molar-refractivity contribution in [2.45, 2.75) is 32.9 Å². The molecular weight excluding hydrogens is 318 g/mol. The van der Waals surface area contributed by atoms with Gasteiger partial charge in [-0.25, -0.2) is 0 Å². The maximum Gasteiger partial charge on any atom is 0.251 e. The van der Waals surface area contributed by atoms with Gasteiger partial charge in [-0.3, -0.25) is 4.79 Å². The van der Waals surface area contributed by atoms with Crippen molar-refractivity contribution in [1.29, 1.82) is 0 Å². The van der Waals surface area contributed by atoms with E-state index in [2.05, 4.69) is 5.32 Å². The molecule has 0 aliphatic heterocycles. The summed E-state index contributed by atoms with van der Waals surface area (Å²) in [6, 6.07) is 12.7. The number of nitrogens with one attached hydrogen (secondary N) is 1. The number of carbonyl (C=O) groups is 1. The van der Waals surface area contributed by atoms with Crippen molar-refractivity contribution in [3.8, 4) is 17.2 Å². The molecule has 0 radical (unpaired) electrons. The monoisotopic (exact) mass is 343 g/mol. The van der Waals surface area contributed by atoms with E-state index in [-0.39, 0.29) is 11.4 Å². The number of carbonyl (C=O) groups excluding carboxylic acids is 1. The number of ether oxygens (including phenoxy) is 3. The molecule has 2 aromatic rings. The van der Waals surface area contributed by atoms with Crippen LogP contribution < -0.4 is 19.5 Å². The SMILES string of the molecule is COc1ccc(OCc2cc(C(=O)NC(C)(C)C)ccc2OC)cc1. The predicted octanol–water partition coefficient (Wildman–Crippen LogP) is 3.81. The van der Waals surface area contributed by atoms with Crippen molar-refractivity contribution in [3.05, 3.63) is 53.6 Å². The van der Waals surface area contributed by atoms with Crippen molar-refractivity contribution < 1.29 is 19.0 Å². The fraction of sp³-hybridized carbons (Fsp3) is 0.350. The highest BCUT2D eigenvalue weighted by molar-refractivity contribution is 5.95. The largest absolute Gasteiger partial charge is 0.497 e. The van der Waals surface area contributed by atoms with Gasteiger partial charge in [-0.2, -0.15) is 0 Å². The van der Waals surface area contributed by atoms with Crippen LogP contribution in [0.5, 0.6) is 17.2 Å². The lowest BCUT2D eigenvalue weighted by atomic mass is 10.1. The molecule has 25 heavy (non-hydrogen) atoms. The molecule has 1 N–H and O–H groups in total. The van der Waals surface area contributed by atoms with Crippen LogP contribution in [0.4, 0.5) is 0 Å². The minimum Gasteiger partial charge on any atom is -0.497 e. The molecular formula is C20H25NO4. The van der Waals surface area contributed by atoms with Crippen molar-refractivity contribution >= 4 is 5.91 Å². The van der Waals surface area contributed by atoms with Crippen LogP contribution in [-0.2, 0) is 6.61 Å². The van der Waals surface area contributed by atoms with Crippen LogP contribution in [0, 0.1) is 0 Å². The molecule has 0 heterocycles. The number of hydrogen-bond acceptors (Lipinski definition) is 4. The van der Waals surface area contributed by atoms with E-state index in [9.17, 15) is 4.79 Å². The van der Waals surface area contributed by atoms with Crippen LogP contribution in [0.15, 0.2) is 42.5 Å². The van der Waals surface area contributed by atoms with Gasteiger partial charge in [-0.05, 0) is 63.2 Å². The Balaban J connectivity index is 2.14. The average molecular weight is 343 g/mol. The van der Waals surface area contributed by atoms with Gasteiger partial charge in [-0.15, -0.1) is 0 Å². The summed E-state index contributed by atoms with van der Waals surface area (Å²) in [4.78, 5) is 12.4. The Bertz CT molecular complexity index is 717. The number of benzene rings is 2. The van der Waals surface area contributed by atoms with Crippen molar-refractivity contribution in [2.24, 2.45) is 0 Å². The summed E-state index contributed by atoms with van der Waals surface area (Å²) in [7, 11) is 3.22. The molecule has 1 amide bonds. The lowest BCUT2D eigenvalue weighted by molar-refractivity contribution is 0.0919. The highest BCUT2D eigenvalue weighted by atomic mass is 16.5.